The number of thiazole rings is 1. The first-order valence-corrected chi connectivity index (χ1v) is 15.7. The third-order valence-corrected chi connectivity index (χ3v) is 10.1. The molecule has 13 heteroatoms. The van der Waals surface area contributed by atoms with Crippen LogP contribution in [0.4, 0.5) is 0 Å². The van der Waals surface area contributed by atoms with Crippen LogP contribution in [0.25, 0.3) is 5.69 Å². The first-order chi connectivity index (χ1) is 20.7. The van der Waals surface area contributed by atoms with Crippen LogP contribution in [0, 0.1) is 6.92 Å². The largest absolute Gasteiger partial charge is 0.508 e. The van der Waals surface area contributed by atoms with E-state index in [-0.39, 0.29) is 48.7 Å². The van der Waals surface area contributed by atoms with Crippen molar-refractivity contribution in [3.05, 3.63) is 51.7 Å². The Bertz CT molecular complexity index is 1490. The van der Waals surface area contributed by atoms with Gasteiger partial charge >= 0.3 is 0 Å². The van der Waals surface area contributed by atoms with E-state index in [4.69, 9.17) is 4.98 Å². The van der Waals surface area contributed by atoms with Crippen molar-refractivity contribution in [1.82, 2.24) is 40.4 Å². The molecule has 0 aliphatic carbocycles. The molecule has 1 aromatic carbocycles. The zero-order valence-corrected chi connectivity index (χ0v) is 25.4. The summed E-state index contributed by atoms with van der Waals surface area (Å²) in [5, 5.41) is 25.4. The van der Waals surface area contributed by atoms with Gasteiger partial charge in [-0.3, -0.25) is 14.4 Å². The molecule has 2 aromatic heterocycles. The first-order valence-electron chi connectivity index (χ1n) is 14.9. The molecule has 3 amide bonds. The fourth-order valence-electron chi connectivity index (χ4n) is 6.33. The zero-order chi connectivity index (χ0) is 30.1. The second-order valence-electron chi connectivity index (χ2n) is 12.1. The van der Waals surface area contributed by atoms with Crippen LogP contribution >= 0.6 is 11.3 Å². The van der Waals surface area contributed by atoms with Gasteiger partial charge in [-0.1, -0.05) is 5.21 Å². The van der Waals surface area contributed by atoms with Crippen LogP contribution in [0.5, 0.6) is 5.75 Å². The lowest BCUT2D eigenvalue weighted by atomic mass is 9.83. The van der Waals surface area contributed by atoms with Crippen molar-refractivity contribution in [3.8, 4) is 11.4 Å². The van der Waals surface area contributed by atoms with Gasteiger partial charge in [-0.15, -0.1) is 16.4 Å². The Morgan fingerprint density at radius 1 is 1.05 bits per heavy atom. The number of likely N-dealkylation sites (tertiary alicyclic amines) is 1. The molecule has 0 radical (unpaired) electrons. The smallest absolute Gasteiger partial charge is 0.245 e. The van der Waals surface area contributed by atoms with Gasteiger partial charge in [-0.05, 0) is 63.9 Å². The number of aryl methyl sites for hydroxylation is 1. The number of carbonyl (C=O) groups is 3. The van der Waals surface area contributed by atoms with Crippen molar-refractivity contribution in [2.75, 3.05) is 33.2 Å². The molecule has 4 bridgehead atoms. The Balaban J connectivity index is 1.28. The van der Waals surface area contributed by atoms with Crippen molar-refractivity contribution in [1.29, 1.82) is 0 Å². The summed E-state index contributed by atoms with van der Waals surface area (Å²) >= 11 is 1.65. The number of benzene rings is 1. The molecule has 2 fully saturated rings. The van der Waals surface area contributed by atoms with E-state index in [1.54, 1.807) is 46.5 Å². The Kier molecular flexibility index (Phi) is 8.19. The van der Waals surface area contributed by atoms with E-state index < -0.39 is 11.6 Å². The summed E-state index contributed by atoms with van der Waals surface area (Å²) in [7, 11) is 2.04. The van der Waals surface area contributed by atoms with Crippen LogP contribution in [0.2, 0.25) is 0 Å². The quantitative estimate of drug-likeness (QED) is 0.409. The van der Waals surface area contributed by atoms with Crippen LogP contribution in [0.15, 0.2) is 30.5 Å². The van der Waals surface area contributed by atoms with E-state index in [2.05, 4.69) is 25.8 Å². The zero-order valence-electron chi connectivity index (χ0n) is 24.6. The lowest BCUT2D eigenvalue weighted by molar-refractivity contribution is -0.138. The highest BCUT2D eigenvalue weighted by molar-refractivity contribution is 7.11. The molecule has 6 heterocycles. The Labute approximate surface area is 254 Å². The molecule has 2 saturated heterocycles. The average molecular weight is 607 g/mol. The number of phenolic OH excluding ortho intramolecular Hbond substituents is 1. The van der Waals surface area contributed by atoms with Gasteiger partial charge in [-0.25, -0.2) is 9.67 Å². The molecule has 1 spiro atoms. The highest BCUT2D eigenvalue weighted by Gasteiger charge is 2.39. The third-order valence-electron chi connectivity index (χ3n) is 8.94. The van der Waals surface area contributed by atoms with Crippen molar-refractivity contribution >= 4 is 29.1 Å². The Morgan fingerprint density at radius 2 is 1.77 bits per heavy atom. The minimum absolute atomic E-state index is 0.0833. The van der Waals surface area contributed by atoms with Gasteiger partial charge in [0.1, 0.15) is 11.8 Å². The standard InChI is InChI=1S/C30H38N8O4S/c1-19-24-16-26(40)33-30(9-13-36(2)14-10-30)17-27(41)31-25(29(42)37-11-7-20(8-12-37)28(32-24)43-19)15-21-18-38(35-34-21)22-3-5-23(39)6-4-22/h3-6,18,20,25,39H,7-17H2,1-2H3,(H,31,41)(H,33,40)/t25-/m1/s1. The summed E-state index contributed by atoms with van der Waals surface area (Å²) in [5.41, 5.74) is 1.37. The van der Waals surface area contributed by atoms with E-state index in [0.717, 1.165) is 41.5 Å². The predicted octanol–water partition coefficient (Wildman–Crippen LogP) is 1.70. The monoisotopic (exact) mass is 606 g/mol. The topological polar surface area (TPSA) is 146 Å². The van der Waals surface area contributed by atoms with E-state index in [1.807, 2.05) is 18.9 Å². The highest BCUT2D eigenvalue weighted by atomic mass is 32.1. The second kappa shape index (κ2) is 12.0. The van der Waals surface area contributed by atoms with Gasteiger partial charge in [-0.2, -0.15) is 0 Å². The second-order valence-corrected chi connectivity index (χ2v) is 13.4. The van der Waals surface area contributed by atoms with Gasteiger partial charge in [0, 0.05) is 49.8 Å². The van der Waals surface area contributed by atoms with E-state index >= 15 is 0 Å². The van der Waals surface area contributed by atoms with E-state index in [1.165, 1.54) is 0 Å². The molecule has 0 saturated carbocycles. The first kappa shape index (κ1) is 29.2. The van der Waals surface area contributed by atoms with Crippen LogP contribution in [-0.2, 0) is 27.2 Å². The highest BCUT2D eigenvalue weighted by Crippen LogP contribution is 2.33. The number of nitrogens with zero attached hydrogens (tertiary/aromatic N) is 6. The maximum atomic E-state index is 13.9. The average Bonchev–Trinajstić information content (AvgIpc) is 3.60. The molecule has 4 aliphatic rings. The van der Waals surface area contributed by atoms with Crippen molar-refractivity contribution < 1.29 is 19.5 Å². The summed E-state index contributed by atoms with van der Waals surface area (Å²) in [5.74, 6) is -0.163. The van der Waals surface area contributed by atoms with Crippen LogP contribution in [0.3, 0.4) is 0 Å². The molecule has 1 atom stereocenters. The van der Waals surface area contributed by atoms with Crippen molar-refractivity contribution in [2.45, 2.75) is 69.4 Å². The molecule has 3 N–H and O–H groups in total. The normalized spacial score (nSPS) is 22.1. The van der Waals surface area contributed by atoms with Gasteiger partial charge in [0.15, 0.2) is 0 Å². The number of amides is 3. The summed E-state index contributed by atoms with van der Waals surface area (Å²) in [4.78, 5) is 50.9. The molecule has 228 valence electrons. The maximum Gasteiger partial charge on any atom is 0.245 e. The molecule has 4 aliphatic heterocycles. The molecule has 0 unspecified atom stereocenters. The lowest BCUT2D eigenvalue weighted by Gasteiger charge is -2.41. The predicted molar refractivity (Wildman–Crippen MR) is 160 cm³/mol. The fraction of sp³-hybridized carbons (Fsp3) is 0.533. The number of carbonyl (C=O) groups excluding carboxylic acids is 3. The summed E-state index contributed by atoms with van der Waals surface area (Å²) < 4.78 is 1.58. The number of rotatable bonds is 3. The summed E-state index contributed by atoms with van der Waals surface area (Å²) in [6, 6.07) is 5.75. The summed E-state index contributed by atoms with van der Waals surface area (Å²) in [6.07, 6.45) is 5.02. The van der Waals surface area contributed by atoms with Gasteiger partial charge in [0.05, 0.1) is 40.2 Å². The molecule has 43 heavy (non-hydrogen) atoms. The maximum absolute atomic E-state index is 13.9. The van der Waals surface area contributed by atoms with Gasteiger partial charge in [0.25, 0.3) is 0 Å². The lowest BCUT2D eigenvalue weighted by Crippen LogP contribution is -2.58. The number of hydrogen-bond acceptors (Lipinski definition) is 9. The Hall–Kier alpha value is -3.84. The van der Waals surface area contributed by atoms with Crippen LogP contribution in [-0.4, -0.2) is 97.4 Å². The molecule has 7 rings (SSSR count). The van der Waals surface area contributed by atoms with Crippen molar-refractivity contribution in [3.63, 3.8) is 0 Å². The molecule has 3 aromatic rings. The van der Waals surface area contributed by atoms with E-state index in [0.29, 0.717) is 37.3 Å². The Morgan fingerprint density at radius 3 is 2.49 bits per heavy atom. The van der Waals surface area contributed by atoms with Gasteiger partial charge < -0.3 is 25.5 Å². The van der Waals surface area contributed by atoms with Crippen LogP contribution < -0.4 is 10.6 Å². The minimum Gasteiger partial charge on any atom is -0.508 e. The molecule has 12 nitrogen and oxygen atoms in total. The number of aromatic nitrogens is 4. The number of nitrogens with one attached hydrogen (secondary N) is 2. The molecular formula is C30H38N8O4S. The van der Waals surface area contributed by atoms with Gasteiger partial charge in [0.2, 0.25) is 17.7 Å². The molecular weight excluding hydrogens is 568 g/mol. The summed E-state index contributed by atoms with van der Waals surface area (Å²) in [6.45, 7) is 4.66. The fourth-order valence-corrected chi connectivity index (χ4v) is 7.43. The van der Waals surface area contributed by atoms with Crippen molar-refractivity contribution in [2.24, 2.45) is 0 Å². The third kappa shape index (κ3) is 6.57. The van der Waals surface area contributed by atoms with Crippen LogP contribution in [0.1, 0.15) is 59.3 Å². The van der Waals surface area contributed by atoms with E-state index in [9.17, 15) is 19.5 Å². The number of fused-ring (bicyclic) bond motifs is 8. The number of hydrogen-bond donors (Lipinski definition) is 3. The number of aromatic hydroxyl groups is 1. The SMILES string of the molecule is Cc1sc2nc1CC(=O)NC1(CCN(C)CC1)CC(=O)N[C@H](Cc1cn(-c3ccc(O)cc3)nn1)C(=O)N1CCC2CC1. The number of piperidine rings is 2. The number of phenols is 1. The minimum atomic E-state index is -0.824.